The molecule has 1 heterocycles. The second-order valence-corrected chi connectivity index (χ2v) is 3.02. The van der Waals surface area contributed by atoms with Gasteiger partial charge in [-0.3, -0.25) is 14.5 Å². The molecule has 1 saturated heterocycles. The largest absolute Gasteiger partial charge is 0.302 e. The van der Waals surface area contributed by atoms with Crippen molar-refractivity contribution in [1.82, 2.24) is 10.2 Å². The van der Waals surface area contributed by atoms with E-state index in [1.807, 2.05) is 19.1 Å². The Morgan fingerprint density at radius 3 is 2.77 bits per heavy atom. The molecule has 1 fully saturated rings. The maximum Gasteiger partial charge on any atom is 0.246 e. The number of hydrogen-bond donors (Lipinski definition) is 1. The Morgan fingerprint density at radius 2 is 2.31 bits per heavy atom. The molecule has 1 N–H and O–H groups in total. The highest BCUT2D eigenvalue weighted by Crippen LogP contribution is 2.09. The normalized spacial score (nSPS) is 23.5. The van der Waals surface area contributed by atoms with Gasteiger partial charge in [-0.05, 0) is 6.92 Å². The molecule has 0 bridgehead atoms. The Hall–Kier alpha value is -1.16. The van der Waals surface area contributed by atoms with E-state index in [-0.39, 0.29) is 24.3 Å². The van der Waals surface area contributed by atoms with Gasteiger partial charge < -0.3 is 5.32 Å². The number of nitrogens with zero attached hydrogens (tertiary/aromatic N) is 1. The Bertz CT molecular complexity index is 248. The molecule has 1 unspecified atom stereocenters. The van der Waals surface area contributed by atoms with Crippen LogP contribution in [-0.2, 0) is 9.59 Å². The van der Waals surface area contributed by atoms with Crippen LogP contribution in [0, 0.1) is 0 Å². The minimum atomic E-state index is -0.325. The average Bonchev–Trinajstić information content (AvgIpc) is 2.34. The van der Waals surface area contributed by atoms with Crippen LogP contribution in [0.5, 0.6) is 0 Å². The molecule has 0 spiro atoms. The molecule has 4 nitrogen and oxygen atoms in total. The van der Waals surface area contributed by atoms with E-state index in [2.05, 4.69) is 5.32 Å². The Labute approximate surface area is 77.6 Å². The summed E-state index contributed by atoms with van der Waals surface area (Å²) in [4.78, 5) is 23.6. The summed E-state index contributed by atoms with van der Waals surface area (Å²) in [6.07, 6.45) is 4.10. The van der Waals surface area contributed by atoms with Crippen molar-refractivity contribution in [3.8, 4) is 0 Å². The van der Waals surface area contributed by atoms with Gasteiger partial charge in [0.05, 0.1) is 12.5 Å². The van der Waals surface area contributed by atoms with E-state index in [1.54, 1.807) is 0 Å². The molecule has 0 saturated carbocycles. The van der Waals surface area contributed by atoms with Crippen LogP contribution in [0.25, 0.3) is 0 Å². The first-order valence-electron chi connectivity index (χ1n) is 4.31. The van der Waals surface area contributed by atoms with Gasteiger partial charge in [-0.2, -0.15) is 0 Å². The first kappa shape index (κ1) is 9.92. The molecule has 1 aliphatic rings. The maximum absolute atomic E-state index is 11.3. The molecule has 1 aliphatic heterocycles. The third kappa shape index (κ3) is 2.15. The van der Waals surface area contributed by atoms with Gasteiger partial charge in [0, 0.05) is 13.6 Å². The molecule has 0 aliphatic carbocycles. The van der Waals surface area contributed by atoms with Crippen LogP contribution in [0.1, 0.15) is 13.3 Å². The van der Waals surface area contributed by atoms with Crippen molar-refractivity contribution < 1.29 is 9.59 Å². The molecule has 0 aromatic carbocycles. The molecule has 0 radical (unpaired) electrons. The van der Waals surface area contributed by atoms with Crippen molar-refractivity contribution in [1.29, 1.82) is 0 Å². The van der Waals surface area contributed by atoms with Crippen LogP contribution in [0.2, 0.25) is 0 Å². The number of carbonyl (C=O) groups excluding carboxylic acids is 2. The SMILES string of the molecule is C/C=C/CNC1CC(=O)N(C)C1=O. The highest BCUT2D eigenvalue weighted by molar-refractivity contribution is 6.05. The van der Waals surface area contributed by atoms with E-state index in [9.17, 15) is 9.59 Å². The monoisotopic (exact) mass is 182 g/mol. The molecule has 2 amide bonds. The number of likely N-dealkylation sites (N-methyl/N-ethyl adjacent to an activating group) is 1. The highest BCUT2D eigenvalue weighted by atomic mass is 16.2. The Morgan fingerprint density at radius 1 is 1.62 bits per heavy atom. The molecular weight excluding hydrogens is 168 g/mol. The summed E-state index contributed by atoms with van der Waals surface area (Å²) >= 11 is 0. The number of nitrogens with one attached hydrogen (secondary N) is 1. The van der Waals surface area contributed by atoms with Gasteiger partial charge in [0.15, 0.2) is 0 Å². The number of rotatable bonds is 3. The standard InChI is InChI=1S/C9H14N2O2/c1-3-4-5-10-7-6-8(12)11(2)9(7)13/h3-4,7,10H,5-6H2,1-2H3/b4-3+. The summed E-state index contributed by atoms with van der Waals surface area (Å²) in [5.74, 6) is -0.238. The van der Waals surface area contributed by atoms with Gasteiger partial charge in [-0.25, -0.2) is 0 Å². The number of imide groups is 1. The number of hydrogen-bond acceptors (Lipinski definition) is 3. The van der Waals surface area contributed by atoms with E-state index in [4.69, 9.17) is 0 Å². The lowest BCUT2D eigenvalue weighted by Crippen LogP contribution is -2.37. The topological polar surface area (TPSA) is 49.4 Å². The second kappa shape index (κ2) is 4.18. The summed E-state index contributed by atoms with van der Waals surface area (Å²) in [5, 5.41) is 2.99. The third-order valence-electron chi connectivity index (χ3n) is 2.10. The van der Waals surface area contributed by atoms with E-state index in [0.717, 1.165) is 0 Å². The second-order valence-electron chi connectivity index (χ2n) is 3.02. The van der Waals surface area contributed by atoms with Gasteiger partial charge in [0.2, 0.25) is 11.8 Å². The predicted octanol–water partition coefficient (Wildman–Crippen LogP) is -0.0906. The quantitative estimate of drug-likeness (QED) is 0.490. The summed E-state index contributed by atoms with van der Waals surface area (Å²) in [7, 11) is 1.52. The molecule has 1 rings (SSSR count). The van der Waals surface area contributed by atoms with Gasteiger partial charge >= 0.3 is 0 Å². The van der Waals surface area contributed by atoms with Crippen LogP contribution in [-0.4, -0.2) is 36.3 Å². The molecule has 0 aromatic heterocycles. The molecule has 4 heteroatoms. The van der Waals surface area contributed by atoms with Crippen molar-refractivity contribution in [2.24, 2.45) is 0 Å². The van der Waals surface area contributed by atoms with Crippen molar-refractivity contribution in [3.63, 3.8) is 0 Å². The van der Waals surface area contributed by atoms with Crippen LogP contribution in [0.3, 0.4) is 0 Å². The zero-order chi connectivity index (χ0) is 9.84. The summed E-state index contributed by atoms with van der Waals surface area (Å²) < 4.78 is 0. The van der Waals surface area contributed by atoms with E-state index in [1.165, 1.54) is 11.9 Å². The minimum Gasteiger partial charge on any atom is -0.302 e. The van der Waals surface area contributed by atoms with E-state index in [0.29, 0.717) is 6.54 Å². The van der Waals surface area contributed by atoms with Crippen molar-refractivity contribution in [3.05, 3.63) is 12.2 Å². The molecule has 13 heavy (non-hydrogen) atoms. The minimum absolute atomic E-state index is 0.108. The van der Waals surface area contributed by atoms with Crippen molar-refractivity contribution in [2.45, 2.75) is 19.4 Å². The van der Waals surface area contributed by atoms with Crippen LogP contribution < -0.4 is 5.32 Å². The van der Waals surface area contributed by atoms with Crippen molar-refractivity contribution >= 4 is 11.8 Å². The third-order valence-corrected chi connectivity index (χ3v) is 2.10. The molecule has 1 atom stereocenters. The lowest BCUT2D eigenvalue weighted by atomic mass is 10.2. The highest BCUT2D eigenvalue weighted by Gasteiger charge is 2.35. The number of allylic oxidation sites excluding steroid dienone is 1. The average molecular weight is 182 g/mol. The predicted molar refractivity (Wildman–Crippen MR) is 49.0 cm³/mol. The van der Waals surface area contributed by atoms with Crippen LogP contribution in [0.15, 0.2) is 12.2 Å². The molecular formula is C9H14N2O2. The smallest absolute Gasteiger partial charge is 0.246 e. The zero-order valence-electron chi connectivity index (χ0n) is 7.91. The van der Waals surface area contributed by atoms with Crippen LogP contribution >= 0.6 is 0 Å². The fraction of sp³-hybridized carbons (Fsp3) is 0.556. The number of amides is 2. The summed E-state index contributed by atoms with van der Waals surface area (Å²) in [5.41, 5.74) is 0. The fourth-order valence-corrected chi connectivity index (χ4v) is 1.24. The lowest BCUT2D eigenvalue weighted by Gasteiger charge is -2.08. The zero-order valence-corrected chi connectivity index (χ0v) is 7.91. The first-order valence-corrected chi connectivity index (χ1v) is 4.31. The summed E-state index contributed by atoms with van der Waals surface area (Å²) in [6.45, 7) is 2.55. The molecule has 72 valence electrons. The lowest BCUT2D eigenvalue weighted by molar-refractivity contribution is -0.137. The maximum atomic E-state index is 11.3. The van der Waals surface area contributed by atoms with E-state index < -0.39 is 0 Å². The van der Waals surface area contributed by atoms with E-state index >= 15 is 0 Å². The first-order chi connectivity index (χ1) is 6.16. The Kier molecular flexibility index (Phi) is 3.19. The number of carbonyl (C=O) groups is 2. The van der Waals surface area contributed by atoms with Crippen molar-refractivity contribution in [2.75, 3.05) is 13.6 Å². The Balaban J connectivity index is 2.44. The summed E-state index contributed by atoms with van der Waals surface area (Å²) in [6, 6.07) is -0.325. The van der Waals surface area contributed by atoms with Crippen LogP contribution in [0.4, 0.5) is 0 Å². The van der Waals surface area contributed by atoms with Gasteiger partial charge in [-0.1, -0.05) is 12.2 Å². The fourth-order valence-electron chi connectivity index (χ4n) is 1.24. The van der Waals surface area contributed by atoms with Gasteiger partial charge in [0.25, 0.3) is 0 Å². The molecule has 0 aromatic rings. The number of likely N-dealkylation sites (tertiary alicyclic amines) is 1. The van der Waals surface area contributed by atoms with Gasteiger partial charge in [0.1, 0.15) is 0 Å². The van der Waals surface area contributed by atoms with Gasteiger partial charge in [-0.15, -0.1) is 0 Å².